The summed E-state index contributed by atoms with van der Waals surface area (Å²) in [5.41, 5.74) is 6.71. The van der Waals surface area contributed by atoms with Gasteiger partial charge in [0.2, 0.25) is 5.91 Å². The van der Waals surface area contributed by atoms with Gasteiger partial charge in [-0.1, -0.05) is 13.8 Å². The number of amides is 2. The van der Waals surface area contributed by atoms with Crippen LogP contribution in [0.3, 0.4) is 0 Å². The molecular weight excluding hydrogens is 268 g/mol. The number of nitrogens with two attached hydrogens (primary N) is 1. The third-order valence-corrected chi connectivity index (χ3v) is 2.96. The molecule has 0 radical (unpaired) electrons. The molecule has 0 aliphatic carbocycles. The second-order valence-electron chi connectivity index (χ2n) is 4.82. The lowest BCUT2D eigenvalue weighted by Crippen LogP contribution is -2.41. The first-order valence-electron chi connectivity index (χ1n) is 7.33. The number of hydrogen-bond acceptors (Lipinski definition) is 4. The molecule has 2 amide bonds. The first-order chi connectivity index (χ1) is 10.1. The Morgan fingerprint density at radius 1 is 1.33 bits per heavy atom. The van der Waals surface area contributed by atoms with Crippen LogP contribution in [0.4, 0.5) is 0 Å². The molecule has 0 fully saturated rings. The Bertz CT molecular complexity index is 476. The molecule has 1 aromatic heterocycles. The number of aromatic nitrogens is 1. The highest BCUT2D eigenvalue weighted by Gasteiger charge is 2.18. The zero-order valence-corrected chi connectivity index (χ0v) is 12.8. The van der Waals surface area contributed by atoms with E-state index in [-0.39, 0.29) is 24.9 Å². The van der Waals surface area contributed by atoms with Crippen molar-refractivity contribution in [2.75, 3.05) is 19.6 Å². The molecule has 0 bridgehead atoms. The number of hydrogen-bond donors (Lipinski definition) is 2. The van der Waals surface area contributed by atoms with Gasteiger partial charge in [-0.15, -0.1) is 0 Å². The number of carbonyl (C=O) groups is 2. The van der Waals surface area contributed by atoms with Crippen molar-refractivity contribution in [2.45, 2.75) is 33.2 Å². The summed E-state index contributed by atoms with van der Waals surface area (Å²) in [6, 6.07) is 3.32. The van der Waals surface area contributed by atoms with Gasteiger partial charge in [0.1, 0.15) is 0 Å². The van der Waals surface area contributed by atoms with E-state index in [0.717, 1.165) is 12.8 Å². The highest BCUT2D eigenvalue weighted by atomic mass is 16.2. The third-order valence-electron chi connectivity index (χ3n) is 2.96. The third kappa shape index (κ3) is 5.51. The summed E-state index contributed by atoms with van der Waals surface area (Å²) in [4.78, 5) is 29.9. The van der Waals surface area contributed by atoms with Crippen molar-refractivity contribution >= 4 is 11.8 Å². The molecule has 1 aromatic rings. The largest absolute Gasteiger partial charge is 0.355 e. The van der Waals surface area contributed by atoms with Crippen molar-refractivity contribution in [3.05, 3.63) is 29.6 Å². The van der Waals surface area contributed by atoms with Crippen LogP contribution < -0.4 is 11.1 Å². The van der Waals surface area contributed by atoms with E-state index in [0.29, 0.717) is 24.3 Å². The van der Waals surface area contributed by atoms with Crippen LogP contribution in [0, 0.1) is 0 Å². The van der Waals surface area contributed by atoms with Crippen LogP contribution in [0.1, 0.15) is 42.7 Å². The van der Waals surface area contributed by atoms with Crippen LogP contribution in [-0.2, 0) is 11.3 Å². The fraction of sp³-hybridized carbons (Fsp3) is 0.533. The van der Waals surface area contributed by atoms with E-state index >= 15 is 0 Å². The molecule has 0 saturated heterocycles. The first kappa shape index (κ1) is 17.1. The summed E-state index contributed by atoms with van der Waals surface area (Å²) in [6.07, 6.45) is 3.23. The molecular formula is C15H24N4O2. The van der Waals surface area contributed by atoms with Crippen molar-refractivity contribution < 1.29 is 9.59 Å². The highest BCUT2D eigenvalue weighted by molar-refractivity contribution is 5.96. The Morgan fingerprint density at radius 2 is 2.10 bits per heavy atom. The Labute approximate surface area is 125 Å². The van der Waals surface area contributed by atoms with Gasteiger partial charge in [-0.25, -0.2) is 0 Å². The van der Waals surface area contributed by atoms with Crippen LogP contribution in [0.25, 0.3) is 0 Å². The summed E-state index contributed by atoms with van der Waals surface area (Å²) in [7, 11) is 0. The zero-order valence-electron chi connectivity index (χ0n) is 12.8. The quantitative estimate of drug-likeness (QED) is 0.745. The van der Waals surface area contributed by atoms with Gasteiger partial charge in [-0.3, -0.25) is 14.6 Å². The van der Waals surface area contributed by atoms with Gasteiger partial charge in [0.25, 0.3) is 5.91 Å². The maximum absolute atomic E-state index is 12.5. The van der Waals surface area contributed by atoms with E-state index in [1.54, 1.807) is 23.2 Å². The molecule has 116 valence electrons. The molecule has 0 aliphatic heterocycles. The van der Waals surface area contributed by atoms with E-state index in [4.69, 9.17) is 5.73 Å². The molecule has 0 saturated carbocycles. The normalized spacial score (nSPS) is 10.2. The average Bonchev–Trinajstić information content (AvgIpc) is 2.51. The van der Waals surface area contributed by atoms with E-state index < -0.39 is 0 Å². The lowest BCUT2D eigenvalue weighted by atomic mass is 10.2. The number of rotatable bonds is 8. The minimum absolute atomic E-state index is 0.0763. The molecule has 0 aliphatic rings. The van der Waals surface area contributed by atoms with Gasteiger partial charge < -0.3 is 16.0 Å². The Hall–Kier alpha value is -1.95. The van der Waals surface area contributed by atoms with Crippen molar-refractivity contribution in [1.82, 2.24) is 15.2 Å². The maximum atomic E-state index is 12.5. The fourth-order valence-corrected chi connectivity index (χ4v) is 1.92. The minimum atomic E-state index is -0.166. The SMILES string of the molecule is CCCNC(=O)CN(CCC)C(=O)c1ccnc(CN)c1. The molecule has 0 atom stereocenters. The van der Waals surface area contributed by atoms with Gasteiger partial charge >= 0.3 is 0 Å². The topological polar surface area (TPSA) is 88.3 Å². The molecule has 0 spiro atoms. The molecule has 3 N–H and O–H groups in total. The smallest absolute Gasteiger partial charge is 0.254 e. The number of nitrogens with zero attached hydrogens (tertiary/aromatic N) is 2. The summed E-state index contributed by atoms with van der Waals surface area (Å²) < 4.78 is 0. The number of pyridine rings is 1. The Morgan fingerprint density at radius 3 is 2.71 bits per heavy atom. The van der Waals surface area contributed by atoms with Gasteiger partial charge in [-0.2, -0.15) is 0 Å². The van der Waals surface area contributed by atoms with Crippen molar-refractivity contribution in [3.63, 3.8) is 0 Å². The second-order valence-corrected chi connectivity index (χ2v) is 4.82. The van der Waals surface area contributed by atoms with Crippen LogP contribution in [-0.4, -0.2) is 41.3 Å². The van der Waals surface area contributed by atoms with E-state index in [1.807, 2.05) is 13.8 Å². The van der Waals surface area contributed by atoms with Crippen LogP contribution in [0.2, 0.25) is 0 Å². The lowest BCUT2D eigenvalue weighted by Gasteiger charge is -2.21. The minimum Gasteiger partial charge on any atom is -0.355 e. The van der Waals surface area contributed by atoms with Crippen LogP contribution in [0.15, 0.2) is 18.3 Å². The predicted octanol–water partition coefficient (Wildman–Crippen LogP) is 0.919. The Balaban J connectivity index is 2.78. The zero-order chi connectivity index (χ0) is 15.7. The average molecular weight is 292 g/mol. The van der Waals surface area contributed by atoms with E-state index in [9.17, 15) is 9.59 Å². The molecule has 21 heavy (non-hydrogen) atoms. The van der Waals surface area contributed by atoms with Gasteiger partial charge in [0.05, 0.1) is 12.2 Å². The first-order valence-corrected chi connectivity index (χ1v) is 7.33. The van der Waals surface area contributed by atoms with Gasteiger partial charge in [0, 0.05) is 31.4 Å². The standard InChI is InChI=1S/C15H24N4O2/c1-3-6-18-14(20)11-19(8-4-2)15(21)12-5-7-17-13(9-12)10-16/h5,7,9H,3-4,6,8,10-11,16H2,1-2H3,(H,18,20). The maximum Gasteiger partial charge on any atom is 0.254 e. The van der Waals surface area contributed by atoms with Crippen LogP contribution in [0.5, 0.6) is 0 Å². The lowest BCUT2D eigenvalue weighted by molar-refractivity contribution is -0.121. The molecule has 0 aromatic carbocycles. The summed E-state index contributed by atoms with van der Waals surface area (Å²) in [5, 5.41) is 2.78. The Kier molecular flexibility index (Phi) is 7.39. The molecule has 6 heteroatoms. The summed E-state index contributed by atoms with van der Waals surface area (Å²) in [6.45, 7) is 5.49. The molecule has 6 nitrogen and oxygen atoms in total. The summed E-state index contributed by atoms with van der Waals surface area (Å²) >= 11 is 0. The monoisotopic (exact) mass is 292 g/mol. The molecule has 0 unspecified atom stereocenters. The van der Waals surface area contributed by atoms with Crippen molar-refractivity contribution in [3.8, 4) is 0 Å². The molecule has 1 rings (SSSR count). The van der Waals surface area contributed by atoms with Crippen molar-refractivity contribution in [2.24, 2.45) is 5.73 Å². The van der Waals surface area contributed by atoms with E-state index in [2.05, 4.69) is 10.3 Å². The number of nitrogens with one attached hydrogen (secondary N) is 1. The van der Waals surface area contributed by atoms with E-state index in [1.165, 1.54) is 0 Å². The van der Waals surface area contributed by atoms with Crippen LogP contribution >= 0.6 is 0 Å². The molecule has 1 heterocycles. The summed E-state index contributed by atoms with van der Waals surface area (Å²) in [5.74, 6) is -0.299. The second kappa shape index (κ2) is 9.07. The van der Waals surface area contributed by atoms with Gasteiger partial charge in [-0.05, 0) is 25.0 Å². The van der Waals surface area contributed by atoms with Crippen molar-refractivity contribution in [1.29, 1.82) is 0 Å². The number of carbonyl (C=O) groups excluding carboxylic acids is 2. The highest BCUT2D eigenvalue weighted by Crippen LogP contribution is 2.07. The predicted molar refractivity (Wildman–Crippen MR) is 81.6 cm³/mol. The fourth-order valence-electron chi connectivity index (χ4n) is 1.92. The van der Waals surface area contributed by atoms with Gasteiger partial charge in [0.15, 0.2) is 0 Å².